The number of benzene rings is 3. The number of hydrogen-bond acceptors (Lipinski definition) is 4. The zero-order valence-corrected chi connectivity index (χ0v) is 16.1. The molecule has 1 N–H and O–H groups in total. The molecule has 29 heavy (non-hydrogen) atoms. The van der Waals surface area contributed by atoms with Gasteiger partial charge in [0.05, 0.1) is 12.1 Å². The van der Waals surface area contributed by atoms with Gasteiger partial charge in [-0.15, -0.1) is 0 Å². The second-order valence-corrected chi connectivity index (χ2v) is 7.13. The van der Waals surface area contributed by atoms with E-state index in [1.807, 2.05) is 36.4 Å². The Kier molecular flexibility index (Phi) is 5.14. The van der Waals surface area contributed by atoms with Crippen LogP contribution in [-0.4, -0.2) is 23.6 Å². The van der Waals surface area contributed by atoms with E-state index in [4.69, 9.17) is 11.6 Å². The molecule has 144 valence electrons. The Bertz CT molecular complexity index is 1080. The van der Waals surface area contributed by atoms with Crippen molar-refractivity contribution in [3.05, 3.63) is 95.0 Å². The number of rotatable bonds is 5. The molecular weight excluding hydrogens is 388 g/mol. The number of amides is 2. The fraction of sp³-hybridized carbons (Fsp3) is 0.0870. The van der Waals surface area contributed by atoms with E-state index in [9.17, 15) is 14.4 Å². The number of nitrogens with one attached hydrogen (secondary N) is 1. The van der Waals surface area contributed by atoms with Crippen LogP contribution in [0.3, 0.4) is 0 Å². The first-order valence-corrected chi connectivity index (χ1v) is 9.50. The summed E-state index contributed by atoms with van der Waals surface area (Å²) >= 11 is 6.11. The molecule has 1 saturated heterocycles. The molecule has 1 aliphatic rings. The van der Waals surface area contributed by atoms with Crippen LogP contribution < -0.4 is 10.2 Å². The summed E-state index contributed by atoms with van der Waals surface area (Å²) in [6.45, 7) is 0. The lowest BCUT2D eigenvalue weighted by Gasteiger charge is -2.19. The summed E-state index contributed by atoms with van der Waals surface area (Å²) < 4.78 is 0. The third-order valence-corrected chi connectivity index (χ3v) is 4.98. The maximum Gasteiger partial charge on any atom is 0.256 e. The molecular formula is C23H17ClN2O3. The van der Waals surface area contributed by atoms with Crippen molar-refractivity contribution in [1.29, 1.82) is 0 Å². The van der Waals surface area contributed by atoms with Crippen molar-refractivity contribution in [3.8, 4) is 0 Å². The van der Waals surface area contributed by atoms with Crippen LogP contribution in [0.4, 0.5) is 11.4 Å². The minimum absolute atomic E-state index is 0.00925. The maximum absolute atomic E-state index is 13.0. The van der Waals surface area contributed by atoms with Crippen molar-refractivity contribution < 1.29 is 14.4 Å². The zero-order valence-electron chi connectivity index (χ0n) is 15.3. The van der Waals surface area contributed by atoms with E-state index in [0.29, 0.717) is 10.6 Å². The van der Waals surface area contributed by atoms with Crippen molar-refractivity contribution in [2.45, 2.75) is 12.5 Å². The molecule has 3 aromatic carbocycles. The highest BCUT2D eigenvalue weighted by Gasteiger charge is 2.41. The van der Waals surface area contributed by atoms with Crippen LogP contribution in [0.25, 0.3) is 0 Å². The molecule has 0 bridgehead atoms. The molecule has 1 aliphatic heterocycles. The number of hydrogen-bond donors (Lipinski definition) is 1. The lowest BCUT2D eigenvalue weighted by molar-refractivity contribution is -0.121. The SMILES string of the molecule is O=C(c1ccccc1)c1cc(Cl)ccc1N1C(=O)C[C@H](Nc2ccccc2)C1=O. The predicted octanol–water partition coefficient (Wildman–Crippen LogP) is 4.32. The fourth-order valence-corrected chi connectivity index (χ4v) is 3.54. The Hall–Kier alpha value is -3.44. The Morgan fingerprint density at radius 2 is 1.59 bits per heavy atom. The van der Waals surface area contributed by atoms with Crippen LogP contribution in [0.5, 0.6) is 0 Å². The van der Waals surface area contributed by atoms with Gasteiger partial charge in [-0.3, -0.25) is 14.4 Å². The molecule has 0 radical (unpaired) electrons. The van der Waals surface area contributed by atoms with E-state index in [0.717, 1.165) is 10.6 Å². The van der Waals surface area contributed by atoms with Gasteiger partial charge in [-0.25, -0.2) is 4.90 Å². The summed E-state index contributed by atoms with van der Waals surface area (Å²) in [5, 5.41) is 3.44. The van der Waals surface area contributed by atoms with Gasteiger partial charge in [0, 0.05) is 21.8 Å². The Morgan fingerprint density at radius 3 is 2.28 bits per heavy atom. The summed E-state index contributed by atoms with van der Waals surface area (Å²) in [6.07, 6.45) is 0.00925. The van der Waals surface area contributed by atoms with Crippen molar-refractivity contribution >= 4 is 40.6 Å². The van der Waals surface area contributed by atoms with E-state index in [2.05, 4.69) is 5.32 Å². The molecule has 0 aromatic heterocycles. The van der Waals surface area contributed by atoms with Gasteiger partial charge in [-0.1, -0.05) is 60.1 Å². The van der Waals surface area contributed by atoms with Gasteiger partial charge in [0.25, 0.3) is 5.91 Å². The third kappa shape index (κ3) is 3.77. The Balaban J connectivity index is 1.68. The minimum atomic E-state index is -0.694. The molecule has 3 aromatic rings. The predicted molar refractivity (Wildman–Crippen MR) is 112 cm³/mol. The van der Waals surface area contributed by atoms with Gasteiger partial charge in [0.15, 0.2) is 5.78 Å². The molecule has 6 heteroatoms. The topological polar surface area (TPSA) is 66.5 Å². The molecule has 0 saturated carbocycles. The summed E-state index contributed by atoms with van der Waals surface area (Å²) in [7, 11) is 0. The van der Waals surface area contributed by atoms with E-state index < -0.39 is 11.9 Å². The Labute approximate surface area is 172 Å². The number of ketones is 1. The van der Waals surface area contributed by atoms with Crippen molar-refractivity contribution in [1.82, 2.24) is 0 Å². The molecule has 1 fully saturated rings. The normalized spacial score (nSPS) is 16.2. The van der Waals surface area contributed by atoms with Crippen LogP contribution in [0.1, 0.15) is 22.3 Å². The Morgan fingerprint density at radius 1 is 0.931 bits per heavy atom. The highest BCUT2D eigenvalue weighted by atomic mass is 35.5. The number of imide groups is 1. The lowest BCUT2D eigenvalue weighted by Crippen LogP contribution is -2.35. The maximum atomic E-state index is 13.0. The largest absolute Gasteiger partial charge is 0.373 e. The van der Waals surface area contributed by atoms with Crippen LogP contribution in [0, 0.1) is 0 Å². The van der Waals surface area contributed by atoms with Crippen molar-refractivity contribution in [3.63, 3.8) is 0 Å². The van der Waals surface area contributed by atoms with Crippen molar-refractivity contribution in [2.75, 3.05) is 10.2 Å². The average Bonchev–Trinajstić information content (AvgIpc) is 3.02. The van der Waals surface area contributed by atoms with Crippen LogP contribution >= 0.6 is 11.6 Å². The first kappa shape index (κ1) is 18.9. The first-order chi connectivity index (χ1) is 14.0. The molecule has 0 aliphatic carbocycles. The number of halogens is 1. The number of para-hydroxylation sites is 1. The second kappa shape index (κ2) is 7.89. The molecule has 1 heterocycles. The molecule has 0 unspecified atom stereocenters. The lowest BCUT2D eigenvalue weighted by atomic mass is 10.0. The molecule has 0 spiro atoms. The van der Waals surface area contributed by atoms with Gasteiger partial charge < -0.3 is 5.32 Å². The van der Waals surface area contributed by atoms with Gasteiger partial charge in [-0.05, 0) is 30.3 Å². The standard InChI is InChI=1S/C23H17ClN2O3/c24-16-11-12-20(18(13-16)22(28)15-7-3-1-4-8-15)26-21(27)14-19(23(26)29)25-17-9-5-2-6-10-17/h1-13,19,25H,14H2/t19-/m0/s1. The van der Waals surface area contributed by atoms with Crippen molar-refractivity contribution in [2.24, 2.45) is 0 Å². The molecule has 4 rings (SSSR count). The smallest absolute Gasteiger partial charge is 0.256 e. The molecule has 5 nitrogen and oxygen atoms in total. The molecule has 1 atom stereocenters. The number of nitrogens with zero attached hydrogens (tertiary/aromatic N) is 1. The minimum Gasteiger partial charge on any atom is -0.373 e. The number of carbonyl (C=O) groups is 3. The van der Waals surface area contributed by atoms with Crippen LogP contribution in [0.15, 0.2) is 78.9 Å². The monoisotopic (exact) mass is 404 g/mol. The van der Waals surface area contributed by atoms with Gasteiger partial charge in [0.2, 0.25) is 5.91 Å². The number of carbonyl (C=O) groups excluding carboxylic acids is 3. The number of anilines is 2. The first-order valence-electron chi connectivity index (χ1n) is 9.12. The van der Waals surface area contributed by atoms with E-state index in [-0.39, 0.29) is 29.4 Å². The summed E-state index contributed by atoms with van der Waals surface area (Å²) in [5.41, 5.74) is 1.66. The van der Waals surface area contributed by atoms with E-state index >= 15 is 0 Å². The quantitative estimate of drug-likeness (QED) is 0.508. The van der Waals surface area contributed by atoms with E-state index in [1.54, 1.807) is 36.4 Å². The fourth-order valence-electron chi connectivity index (χ4n) is 3.36. The van der Waals surface area contributed by atoms with Gasteiger partial charge in [0.1, 0.15) is 6.04 Å². The van der Waals surface area contributed by atoms with Crippen LogP contribution in [-0.2, 0) is 9.59 Å². The highest BCUT2D eigenvalue weighted by Crippen LogP contribution is 2.31. The van der Waals surface area contributed by atoms with Gasteiger partial charge >= 0.3 is 0 Å². The van der Waals surface area contributed by atoms with Crippen LogP contribution in [0.2, 0.25) is 5.02 Å². The van der Waals surface area contributed by atoms with Gasteiger partial charge in [-0.2, -0.15) is 0 Å². The highest BCUT2D eigenvalue weighted by molar-refractivity contribution is 6.32. The van der Waals surface area contributed by atoms with E-state index in [1.165, 1.54) is 6.07 Å². The summed E-state index contributed by atoms with van der Waals surface area (Å²) in [5.74, 6) is -1.07. The molecule has 2 amide bonds. The summed E-state index contributed by atoms with van der Waals surface area (Å²) in [6, 6.07) is 21.8. The summed E-state index contributed by atoms with van der Waals surface area (Å²) in [4.78, 5) is 39.8. The zero-order chi connectivity index (χ0) is 20.4. The second-order valence-electron chi connectivity index (χ2n) is 6.69. The average molecular weight is 405 g/mol. The third-order valence-electron chi connectivity index (χ3n) is 4.74.